The molecular weight excluding hydrogens is 285 g/mol. The van der Waals surface area contributed by atoms with Crippen molar-refractivity contribution in [2.45, 2.75) is 13.5 Å². The number of hydrogen-bond acceptors (Lipinski definition) is 4. The van der Waals surface area contributed by atoms with Crippen molar-refractivity contribution in [1.82, 2.24) is 15.3 Å². The number of aromatic nitrogens is 2. The number of nitrogens with zero attached hydrogens (tertiary/aromatic N) is 2. The highest BCUT2D eigenvalue weighted by atomic mass is 19.1. The Bertz CT molecular complexity index is 754. The van der Waals surface area contributed by atoms with E-state index in [4.69, 9.17) is 11.2 Å². The zero-order valence-corrected chi connectivity index (χ0v) is 12.2. The van der Waals surface area contributed by atoms with Crippen molar-refractivity contribution in [2.75, 3.05) is 7.11 Å². The fourth-order valence-corrected chi connectivity index (χ4v) is 1.85. The Morgan fingerprint density at radius 3 is 2.86 bits per heavy atom. The molecule has 0 fully saturated rings. The first-order valence-electron chi connectivity index (χ1n) is 6.46. The van der Waals surface area contributed by atoms with E-state index in [0.29, 0.717) is 17.1 Å². The van der Waals surface area contributed by atoms with Crippen LogP contribution in [-0.4, -0.2) is 23.0 Å². The number of aryl methyl sites for hydroxylation is 1. The molecule has 0 atom stereocenters. The standard InChI is InChI=1S/C16H14FN3O2/c1-4-12-8-14(20-10(2)19-12)16(21)18-9-11-5-6-13(17)15(7-11)22-3/h1,5-8H,9H2,2-3H3,(H,18,21). The molecule has 0 saturated heterocycles. The quantitative estimate of drug-likeness (QED) is 0.875. The molecule has 1 amide bonds. The van der Waals surface area contributed by atoms with Gasteiger partial charge in [0.05, 0.1) is 7.11 Å². The van der Waals surface area contributed by atoms with Crippen molar-refractivity contribution >= 4 is 5.91 Å². The predicted octanol–water partition coefficient (Wildman–Crippen LogP) is 1.84. The van der Waals surface area contributed by atoms with Crippen molar-refractivity contribution in [3.8, 4) is 18.1 Å². The molecule has 112 valence electrons. The number of hydrogen-bond donors (Lipinski definition) is 1. The van der Waals surface area contributed by atoms with E-state index in [2.05, 4.69) is 21.2 Å². The number of rotatable bonds is 4. The molecule has 1 N–H and O–H groups in total. The average molecular weight is 299 g/mol. The van der Waals surface area contributed by atoms with E-state index in [1.165, 1.54) is 25.3 Å². The number of carbonyl (C=O) groups excluding carboxylic acids is 1. The highest BCUT2D eigenvalue weighted by Crippen LogP contribution is 2.18. The van der Waals surface area contributed by atoms with Gasteiger partial charge in [0, 0.05) is 12.6 Å². The Kier molecular flexibility index (Phi) is 4.69. The van der Waals surface area contributed by atoms with Crippen LogP contribution in [0, 0.1) is 25.1 Å². The van der Waals surface area contributed by atoms with Crippen LogP contribution in [-0.2, 0) is 6.54 Å². The maximum atomic E-state index is 13.3. The molecule has 1 aromatic carbocycles. The molecule has 0 radical (unpaired) electrons. The molecule has 6 heteroatoms. The van der Waals surface area contributed by atoms with Crippen molar-refractivity contribution in [3.63, 3.8) is 0 Å². The van der Waals surface area contributed by atoms with E-state index in [1.807, 2.05) is 0 Å². The zero-order valence-electron chi connectivity index (χ0n) is 12.2. The summed E-state index contributed by atoms with van der Waals surface area (Å²) in [5, 5.41) is 2.69. The monoisotopic (exact) mass is 299 g/mol. The number of carbonyl (C=O) groups is 1. The lowest BCUT2D eigenvalue weighted by molar-refractivity contribution is 0.0945. The summed E-state index contributed by atoms with van der Waals surface area (Å²) >= 11 is 0. The molecule has 5 nitrogen and oxygen atoms in total. The number of terminal acetylenes is 1. The second-order valence-corrected chi connectivity index (χ2v) is 4.48. The Morgan fingerprint density at radius 2 is 2.18 bits per heavy atom. The lowest BCUT2D eigenvalue weighted by Crippen LogP contribution is -2.24. The van der Waals surface area contributed by atoms with Gasteiger partial charge in [0.2, 0.25) is 0 Å². The number of methoxy groups -OCH3 is 1. The number of benzene rings is 1. The minimum Gasteiger partial charge on any atom is -0.494 e. The van der Waals surface area contributed by atoms with E-state index in [9.17, 15) is 9.18 Å². The summed E-state index contributed by atoms with van der Waals surface area (Å²) in [6, 6.07) is 5.81. The van der Waals surface area contributed by atoms with Crippen LogP contribution in [0.2, 0.25) is 0 Å². The summed E-state index contributed by atoms with van der Waals surface area (Å²) in [4.78, 5) is 20.1. The van der Waals surface area contributed by atoms with Gasteiger partial charge in [0.25, 0.3) is 5.91 Å². The van der Waals surface area contributed by atoms with Gasteiger partial charge in [-0.2, -0.15) is 0 Å². The first-order valence-corrected chi connectivity index (χ1v) is 6.46. The maximum Gasteiger partial charge on any atom is 0.270 e. The summed E-state index contributed by atoms with van der Waals surface area (Å²) in [6.45, 7) is 1.87. The van der Waals surface area contributed by atoms with E-state index >= 15 is 0 Å². The van der Waals surface area contributed by atoms with Gasteiger partial charge in [-0.3, -0.25) is 4.79 Å². The summed E-state index contributed by atoms with van der Waals surface area (Å²) < 4.78 is 18.2. The molecule has 0 aliphatic carbocycles. The molecule has 0 bridgehead atoms. The normalized spacial score (nSPS) is 9.91. The van der Waals surface area contributed by atoms with Gasteiger partial charge in [-0.25, -0.2) is 14.4 Å². The highest BCUT2D eigenvalue weighted by Gasteiger charge is 2.10. The molecule has 2 rings (SSSR count). The van der Waals surface area contributed by atoms with E-state index in [1.54, 1.807) is 13.0 Å². The Labute approximate surface area is 127 Å². The summed E-state index contributed by atoms with van der Waals surface area (Å²) in [5.74, 6) is 2.07. The van der Waals surface area contributed by atoms with Crippen LogP contribution in [0.25, 0.3) is 0 Å². The fraction of sp³-hybridized carbons (Fsp3) is 0.188. The van der Waals surface area contributed by atoms with Crippen molar-refractivity contribution < 1.29 is 13.9 Å². The lowest BCUT2D eigenvalue weighted by Gasteiger charge is -2.08. The van der Waals surface area contributed by atoms with Crippen LogP contribution < -0.4 is 10.1 Å². The molecule has 1 aromatic heterocycles. The van der Waals surface area contributed by atoms with Gasteiger partial charge in [-0.1, -0.05) is 12.0 Å². The van der Waals surface area contributed by atoms with Crippen molar-refractivity contribution in [3.05, 3.63) is 52.9 Å². The van der Waals surface area contributed by atoms with Gasteiger partial charge >= 0.3 is 0 Å². The van der Waals surface area contributed by atoms with Crippen LogP contribution in [0.15, 0.2) is 24.3 Å². The molecule has 1 heterocycles. The smallest absolute Gasteiger partial charge is 0.270 e. The largest absolute Gasteiger partial charge is 0.494 e. The third kappa shape index (κ3) is 3.58. The topological polar surface area (TPSA) is 64.1 Å². The molecular formula is C16H14FN3O2. The lowest BCUT2D eigenvalue weighted by atomic mass is 10.2. The van der Waals surface area contributed by atoms with Crippen LogP contribution in [0.4, 0.5) is 4.39 Å². The third-order valence-corrected chi connectivity index (χ3v) is 2.89. The Morgan fingerprint density at radius 1 is 1.41 bits per heavy atom. The second kappa shape index (κ2) is 6.68. The molecule has 2 aromatic rings. The SMILES string of the molecule is C#Cc1cc(C(=O)NCc2ccc(F)c(OC)c2)nc(C)n1. The predicted molar refractivity (Wildman–Crippen MR) is 78.8 cm³/mol. The van der Waals surface area contributed by atoms with Gasteiger partial charge in [-0.05, 0) is 24.6 Å². The summed E-state index contributed by atoms with van der Waals surface area (Å²) in [7, 11) is 1.38. The Balaban J connectivity index is 2.10. The van der Waals surface area contributed by atoms with Crippen molar-refractivity contribution in [1.29, 1.82) is 0 Å². The number of halogens is 1. The molecule has 0 spiro atoms. The second-order valence-electron chi connectivity index (χ2n) is 4.48. The molecule has 0 saturated carbocycles. The van der Waals surface area contributed by atoms with Gasteiger partial charge in [0.1, 0.15) is 17.2 Å². The zero-order chi connectivity index (χ0) is 16.1. The van der Waals surface area contributed by atoms with Crippen molar-refractivity contribution in [2.24, 2.45) is 0 Å². The minimum atomic E-state index is -0.456. The van der Waals surface area contributed by atoms with E-state index < -0.39 is 5.82 Å². The number of ether oxygens (including phenoxy) is 1. The van der Waals surface area contributed by atoms with Gasteiger partial charge in [-0.15, -0.1) is 6.42 Å². The van der Waals surface area contributed by atoms with Crippen LogP contribution in [0.5, 0.6) is 5.75 Å². The van der Waals surface area contributed by atoms with Crippen LogP contribution in [0.3, 0.4) is 0 Å². The minimum absolute atomic E-state index is 0.124. The fourth-order valence-electron chi connectivity index (χ4n) is 1.85. The van der Waals surface area contributed by atoms with Gasteiger partial charge in [0.15, 0.2) is 11.6 Å². The first kappa shape index (κ1) is 15.4. The van der Waals surface area contributed by atoms with E-state index in [0.717, 1.165) is 0 Å². The average Bonchev–Trinajstić information content (AvgIpc) is 2.53. The van der Waals surface area contributed by atoms with Gasteiger partial charge < -0.3 is 10.1 Å². The third-order valence-electron chi connectivity index (χ3n) is 2.89. The summed E-state index contributed by atoms with van der Waals surface area (Å²) in [5.41, 5.74) is 1.24. The van der Waals surface area contributed by atoms with Crippen LogP contribution in [0.1, 0.15) is 27.6 Å². The van der Waals surface area contributed by atoms with E-state index in [-0.39, 0.29) is 23.9 Å². The number of nitrogens with one attached hydrogen (secondary N) is 1. The first-order chi connectivity index (χ1) is 10.5. The molecule has 0 unspecified atom stereocenters. The highest BCUT2D eigenvalue weighted by molar-refractivity contribution is 5.92. The Hall–Kier alpha value is -2.94. The summed E-state index contributed by atoms with van der Waals surface area (Å²) in [6.07, 6.45) is 5.28. The molecule has 0 aliphatic heterocycles. The van der Waals surface area contributed by atoms with Crippen LogP contribution >= 0.6 is 0 Å². The maximum absolute atomic E-state index is 13.3. The number of amides is 1. The molecule has 22 heavy (non-hydrogen) atoms. The molecule has 0 aliphatic rings.